The first kappa shape index (κ1) is 16.6. The quantitative estimate of drug-likeness (QED) is 0.775. The maximum absolute atomic E-state index is 12.8. The molecule has 0 N–H and O–H groups in total. The summed E-state index contributed by atoms with van der Waals surface area (Å²) in [7, 11) is 1.66. The van der Waals surface area contributed by atoms with Crippen LogP contribution in [-0.2, 0) is 4.79 Å². The Bertz CT molecular complexity index is 625. The molecule has 0 radical (unpaired) electrons. The highest BCUT2D eigenvalue weighted by Gasteiger charge is 2.38. The molecule has 2 atom stereocenters. The minimum absolute atomic E-state index is 0.154. The van der Waals surface area contributed by atoms with Gasteiger partial charge in [-0.25, -0.2) is 0 Å². The smallest absolute Gasteiger partial charge is 0.241 e. The van der Waals surface area contributed by atoms with Crippen LogP contribution >= 0.6 is 0 Å². The molecule has 2 heterocycles. The molecular weight excluding hydrogens is 304 g/mol. The number of ether oxygens (including phenoxy) is 1. The maximum atomic E-state index is 12.8. The first-order valence-electron chi connectivity index (χ1n) is 8.44. The fourth-order valence-corrected chi connectivity index (χ4v) is 3.53. The highest BCUT2D eigenvalue weighted by atomic mass is 16.5. The van der Waals surface area contributed by atoms with Crippen LogP contribution in [0, 0.1) is 11.5 Å². The summed E-state index contributed by atoms with van der Waals surface area (Å²) in [5, 5.41) is 9.09. The molecule has 3 rings (SSSR count). The number of nitriles is 1. The lowest BCUT2D eigenvalue weighted by Gasteiger charge is -2.45. The molecule has 2 saturated heterocycles. The van der Waals surface area contributed by atoms with Gasteiger partial charge >= 0.3 is 0 Å². The summed E-state index contributed by atoms with van der Waals surface area (Å²) in [6.07, 6.45) is 2.17. The summed E-state index contributed by atoms with van der Waals surface area (Å²) in [4.78, 5) is 18.7. The van der Waals surface area contributed by atoms with Crippen LogP contribution in [0.3, 0.4) is 0 Å². The SMILES string of the molecule is COc1ccc(C(C)CN2CCN3CCN(C#N)C[C@@H]3C2=O)cc1. The Morgan fingerprint density at radius 3 is 2.62 bits per heavy atom. The second kappa shape index (κ2) is 7.10. The predicted octanol–water partition coefficient (Wildman–Crippen LogP) is 1.11. The van der Waals surface area contributed by atoms with Crippen LogP contribution in [0.1, 0.15) is 18.4 Å². The number of nitrogens with zero attached hydrogens (tertiary/aromatic N) is 4. The van der Waals surface area contributed by atoms with Crippen molar-refractivity contribution >= 4 is 5.91 Å². The van der Waals surface area contributed by atoms with Gasteiger partial charge in [0, 0.05) is 32.7 Å². The number of amides is 1. The molecule has 1 unspecified atom stereocenters. The van der Waals surface area contributed by atoms with Gasteiger partial charge in [-0.05, 0) is 23.6 Å². The van der Waals surface area contributed by atoms with E-state index in [2.05, 4.69) is 30.1 Å². The van der Waals surface area contributed by atoms with Crippen molar-refractivity contribution in [3.63, 3.8) is 0 Å². The molecule has 2 aliphatic rings. The third-order valence-corrected chi connectivity index (χ3v) is 5.07. The molecule has 0 aliphatic carbocycles. The van der Waals surface area contributed by atoms with Crippen LogP contribution in [0.15, 0.2) is 24.3 Å². The Labute approximate surface area is 143 Å². The molecule has 0 bridgehead atoms. The van der Waals surface area contributed by atoms with Crippen molar-refractivity contribution in [2.75, 3.05) is 46.4 Å². The van der Waals surface area contributed by atoms with Gasteiger partial charge in [0.25, 0.3) is 0 Å². The largest absolute Gasteiger partial charge is 0.497 e. The normalized spacial score (nSPS) is 22.7. The van der Waals surface area contributed by atoms with E-state index in [1.165, 1.54) is 5.56 Å². The maximum Gasteiger partial charge on any atom is 0.241 e. The van der Waals surface area contributed by atoms with E-state index < -0.39 is 0 Å². The van der Waals surface area contributed by atoms with Gasteiger partial charge in [-0.15, -0.1) is 0 Å². The molecule has 1 amide bonds. The average molecular weight is 328 g/mol. The average Bonchev–Trinajstić information content (AvgIpc) is 2.63. The zero-order valence-corrected chi connectivity index (χ0v) is 14.3. The van der Waals surface area contributed by atoms with Crippen molar-refractivity contribution in [2.45, 2.75) is 18.9 Å². The number of carbonyl (C=O) groups excluding carboxylic acids is 1. The summed E-state index contributed by atoms with van der Waals surface area (Å²) >= 11 is 0. The Hall–Kier alpha value is -2.26. The number of fused-ring (bicyclic) bond motifs is 1. The molecule has 0 aromatic heterocycles. The van der Waals surface area contributed by atoms with Gasteiger partial charge < -0.3 is 14.5 Å². The molecule has 2 fully saturated rings. The Morgan fingerprint density at radius 1 is 1.25 bits per heavy atom. The number of benzene rings is 1. The minimum Gasteiger partial charge on any atom is -0.497 e. The van der Waals surface area contributed by atoms with E-state index in [1.54, 1.807) is 12.0 Å². The van der Waals surface area contributed by atoms with Gasteiger partial charge in [0.05, 0.1) is 13.7 Å². The molecule has 1 aromatic rings. The molecule has 6 heteroatoms. The molecule has 0 saturated carbocycles. The van der Waals surface area contributed by atoms with E-state index in [4.69, 9.17) is 10.00 Å². The van der Waals surface area contributed by atoms with Crippen LogP contribution in [0.5, 0.6) is 5.75 Å². The van der Waals surface area contributed by atoms with Crippen LogP contribution in [0.2, 0.25) is 0 Å². The van der Waals surface area contributed by atoms with Gasteiger partial charge in [-0.1, -0.05) is 19.1 Å². The third-order valence-electron chi connectivity index (χ3n) is 5.07. The van der Waals surface area contributed by atoms with E-state index >= 15 is 0 Å². The molecule has 0 spiro atoms. The number of rotatable bonds is 4. The molecule has 2 aliphatic heterocycles. The van der Waals surface area contributed by atoms with Gasteiger partial charge in [-0.2, -0.15) is 5.26 Å². The van der Waals surface area contributed by atoms with Gasteiger partial charge in [-0.3, -0.25) is 9.69 Å². The predicted molar refractivity (Wildman–Crippen MR) is 90.5 cm³/mol. The number of piperazine rings is 2. The van der Waals surface area contributed by atoms with Crippen molar-refractivity contribution < 1.29 is 9.53 Å². The minimum atomic E-state index is -0.171. The number of methoxy groups -OCH3 is 1. The molecular formula is C18H24N4O2. The first-order valence-corrected chi connectivity index (χ1v) is 8.44. The van der Waals surface area contributed by atoms with E-state index in [0.29, 0.717) is 13.1 Å². The number of carbonyl (C=O) groups is 1. The zero-order chi connectivity index (χ0) is 17.1. The van der Waals surface area contributed by atoms with Crippen LogP contribution in [-0.4, -0.2) is 73.0 Å². The standard InChI is InChI=1S/C18H24N4O2/c1-14(15-3-5-16(24-2)6-4-15)11-22-10-9-21-8-7-20(13-19)12-17(21)18(22)23/h3-6,14,17H,7-12H2,1-2H3/t14?,17-/m1/s1. The summed E-state index contributed by atoms with van der Waals surface area (Å²) in [5.41, 5.74) is 1.20. The Morgan fingerprint density at radius 2 is 1.96 bits per heavy atom. The van der Waals surface area contributed by atoms with E-state index in [0.717, 1.165) is 31.9 Å². The van der Waals surface area contributed by atoms with E-state index in [1.807, 2.05) is 17.0 Å². The lowest BCUT2D eigenvalue weighted by Crippen LogP contribution is -2.64. The van der Waals surface area contributed by atoms with Crippen molar-refractivity contribution in [1.29, 1.82) is 5.26 Å². The summed E-state index contributed by atoms with van der Waals surface area (Å²) < 4.78 is 5.19. The monoisotopic (exact) mass is 328 g/mol. The molecule has 1 aromatic carbocycles. The third kappa shape index (κ3) is 3.31. The lowest BCUT2D eigenvalue weighted by atomic mass is 9.99. The summed E-state index contributed by atoms with van der Waals surface area (Å²) in [6, 6.07) is 7.86. The molecule has 24 heavy (non-hydrogen) atoms. The second-order valence-corrected chi connectivity index (χ2v) is 6.56. The van der Waals surface area contributed by atoms with Crippen molar-refractivity contribution in [3.05, 3.63) is 29.8 Å². The van der Waals surface area contributed by atoms with Crippen molar-refractivity contribution in [1.82, 2.24) is 14.7 Å². The van der Waals surface area contributed by atoms with Crippen LogP contribution < -0.4 is 4.74 Å². The number of hydrogen-bond acceptors (Lipinski definition) is 5. The molecule has 6 nitrogen and oxygen atoms in total. The Kier molecular flexibility index (Phi) is 4.91. The van der Waals surface area contributed by atoms with Gasteiger partial charge in [0.1, 0.15) is 11.8 Å². The summed E-state index contributed by atoms with van der Waals surface area (Å²) in [5.74, 6) is 1.26. The van der Waals surface area contributed by atoms with Gasteiger partial charge in [0.2, 0.25) is 5.91 Å². The highest BCUT2D eigenvalue weighted by molar-refractivity contribution is 5.83. The topological polar surface area (TPSA) is 59.8 Å². The lowest BCUT2D eigenvalue weighted by molar-refractivity contribution is -0.144. The first-order chi connectivity index (χ1) is 11.6. The van der Waals surface area contributed by atoms with Crippen molar-refractivity contribution in [2.24, 2.45) is 0 Å². The highest BCUT2D eigenvalue weighted by Crippen LogP contribution is 2.23. The molecule has 128 valence electrons. The summed E-state index contributed by atoms with van der Waals surface area (Å²) in [6.45, 7) is 6.55. The van der Waals surface area contributed by atoms with E-state index in [9.17, 15) is 4.79 Å². The van der Waals surface area contributed by atoms with Crippen LogP contribution in [0.4, 0.5) is 0 Å². The van der Waals surface area contributed by atoms with Crippen molar-refractivity contribution in [3.8, 4) is 11.9 Å². The number of hydrogen-bond donors (Lipinski definition) is 0. The zero-order valence-electron chi connectivity index (χ0n) is 14.3. The Balaban J connectivity index is 1.64. The fraction of sp³-hybridized carbons (Fsp3) is 0.556. The second-order valence-electron chi connectivity index (χ2n) is 6.56. The van der Waals surface area contributed by atoms with E-state index in [-0.39, 0.29) is 17.9 Å². The van der Waals surface area contributed by atoms with Gasteiger partial charge in [0.15, 0.2) is 6.19 Å². The van der Waals surface area contributed by atoms with Crippen LogP contribution in [0.25, 0.3) is 0 Å². The fourth-order valence-electron chi connectivity index (χ4n) is 3.53.